The van der Waals surface area contributed by atoms with Gasteiger partial charge in [-0.05, 0) is 29.8 Å². The molecule has 0 aliphatic carbocycles. The van der Waals surface area contributed by atoms with E-state index in [-0.39, 0.29) is 17.9 Å². The Bertz CT molecular complexity index is 972. The summed E-state index contributed by atoms with van der Waals surface area (Å²) in [6, 6.07) is 17.1. The molecule has 1 unspecified atom stereocenters. The van der Waals surface area contributed by atoms with Crippen molar-refractivity contribution in [3.63, 3.8) is 0 Å². The average molecular weight is 390 g/mol. The van der Waals surface area contributed by atoms with E-state index in [0.29, 0.717) is 13.1 Å². The first-order valence-corrected chi connectivity index (χ1v) is 9.75. The lowest BCUT2D eigenvalue weighted by Crippen LogP contribution is -2.43. The zero-order valence-corrected chi connectivity index (χ0v) is 16.1. The molecule has 0 aromatic heterocycles. The van der Waals surface area contributed by atoms with Gasteiger partial charge in [0.25, 0.3) is 0 Å². The number of hydrogen-bond acceptors (Lipinski definition) is 4. The number of rotatable bonds is 5. The number of benzene rings is 2. The number of methoxy groups -OCH3 is 1. The van der Waals surface area contributed by atoms with Crippen LogP contribution in [0.25, 0.3) is 0 Å². The fourth-order valence-corrected chi connectivity index (χ4v) is 4.68. The molecule has 3 aliphatic heterocycles. The van der Waals surface area contributed by atoms with E-state index in [1.807, 2.05) is 66.7 Å². The smallest absolute Gasteiger partial charge is 0.234 e. The Balaban J connectivity index is 1.37. The van der Waals surface area contributed by atoms with Crippen LogP contribution in [-0.2, 0) is 20.9 Å². The summed E-state index contributed by atoms with van der Waals surface area (Å²) in [5.74, 6) is -0.495. The van der Waals surface area contributed by atoms with E-state index in [9.17, 15) is 9.59 Å². The quantitative estimate of drug-likeness (QED) is 0.796. The van der Waals surface area contributed by atoms with E-state index in [1.165, 1.54) is 0 Å². The van der Waals surface area contributed by atoms with Gasteiger partial charge in [-0.2, -0.15) is 0 Å². The van der Waals surface area contributed by atoms with Gasteiger partial charge in [0.05, 0.1) is 31.6 Å². The third kappa shape index (κ3) is 2.83. The van der Waals surface area contributed by atoms with Crippen molar-refractivity contribution in [1.82, 2.24) is 5.32 Å². The van der Waals surface area contributed by atoms with Crippen LogP contribution in [0, 0.1) is 11.8 Å². The van der Waals surface area contributed by atoms with E-state index in [2.05, 4.69) is 5.32 Å². The first-order valence-electron chi connectivity index (χ1n) is 9.75. The number of amides is 2. The highest BCUT2D eigenvalue weighted by Crippen LogP contribution is 2.52. The Labute approximate surface area is 169 Å². The summed E-state index contributed by atoms with van der Waals surface area (Å²) >= 11 is 0. The third-order valence-corrected chi connectivity index (χ3v) is 6.10. The molecule has 3 heterocycles. The largest absolute Gasteiger partial charge is 0.497 e. The first-order chi connectivity index (χ1) is 14.1. The van der Waals surface area contributed by atoms with E-state index >= 15 is 0 Å². The van der Waals surface area contributed by atoms with E-state index in [1.54, 1.807) is 12.0 Å². The highest BCUT2D eigenvalue weighted by atomic mass is 16.5. The van der Waals surface area contributed by atoms with Crippen molar-refractivity contribution in [3.8, 4) is 5.75 Å². The zero-order chi connectivity index (χ0) is 20.0. The number of anilines is 1. The number of hydrogen-bond donors (Lipinski definition) is 1. The van der Waals surface area contributed by atoms with Crippen LogP contribution in [0.4, 0.5) is 5.69 Å². The van der Waals surface area contributed by atoms with Gasteiger partial charge in [0.15, 0.2) is 0 Å². The number of carbonyl (C=O) groups excluding carboxylic acids is 2. The molecule has 2 aromatic carbocycles. The fraction of sp³-hybridized carbons (Fsp3) is 0.304. The number of carbonyl (C=O) groups is 2. The summed E-state index contributed by atoms with van der Waals surface area (Å²) in [4.78, 5) is 28.0. The second-order valence-corrected chi connectivity index (χ2v) is 7.73. The SMILES string of the molecule is COc1ccc(N2C[C@@]34C=C[C@H](O3)C(C(=O)NCc3ccccc3)[C@H]4C2=O)cc1. The van der Waals surface area contributed by atoms with Crippen LogP contribution in [0.5, 0.6) is 5.75 Å². The summed E-state index contributed by atoms with van der Waals surface area (Å²) in [5, 5.41) is 2.99. The van der Waals surface area contributed by atoms with E-state index in [4.69, 9.17) is 9.47 Å². The second-order valence-electron chi connectivity index (χ2n) is 7.73. The molecule has 0 saturated carbocycles. The highest BCUT2D eigenvalue weighted by molar-refractivity contribution is 6.03. The summed E-state index contributed by atoms with van der Waals surface area (Å²) in [5.41, 5.74) is 1.08. The molecule has 2 saturated heterocycles. The maximum absolute atomic E-state index is 13.3. The fourth-order valence-electron chi connectivity index (χ4n) is 4.68. The normalized spacial score (nSPS) is 29.2. The van der Waals surface area contributed by atoms with Gasteiger partial charge in [-0.3, -0.25) is 9.59 Å². The minimum absolute atomic E-state index is 0.0677. The standard InChI is InChI=1S/C23H22N2O4/c1-28-17-9-7-16(8-10-17)25-14-23-12-11-18(29-23)19(20(23)22(25)27)21(26)24-13-15-5-3-2-4-6-15/h2-12,18-20H,13-14H2,1H3,(H,24,26)/t18-,19?,20-,23+/m0/s1. The maximum Gasteiger partial charge on any atom is 0.234 e. The molecular weight excluding hydrogens is 368 g/mol. The lowest BCUT2D eigenvalue weighted by Gasteiger charge is -2.23. The predicted octanol–water partition coefficient (Wildman–Crippen LogP) is 2.30. The van der Waals surface area contributed by atoms with Gasteiger partial charge in [0.2, 0.25) is 11.8 Å². The van der Waals surface area contributed by atoms with Gasteiger partial charge in [0.1, 0.15) is 11.4 Å². The van der Waals surface area contributed by atoms with Crippen LogP contribution in [-0.4, -0.2) is 37.2 Å². The molecule has 148 valence electrons. The predicted molar refractivity (Wildman–Crippen MR) is 107 cm³/mol. The first kappa shape index (κ1) is 17.9. The van der Waals surface area contributed by atoms with E-state index < -0.39 is 17.4 Å². The van der Waals surface area contributed by atoms with Crippen molar-refractivity contribution in [2.24, 2.45) is 11.8 Å². The van der Waals surface area contributed by atoms with Gasteiger partial charge in [-0.15, -0.1) is 0 Å². The average Bonchev–Trinajstić information content (AvgIpc) is 3.41. The molecule has 5 rings (SSSR count). The Kier molecular flexibility index (Phi) is 4.17. The summed E-state index contributed by atoms with van der Waals surface area (Å²) in [7, 11) is 1.61. The topological polar surface area (TPSA) is 67.9 Å². The number of fused-ring (bicyclic) bond motifs is 1. The van der Waals surface area contributed by atoms with Gasteiger partial charge in [-0.25, -0.2) is 0 Å². The van der Waals surface area contributed by atoms with Crippen LogP contribution >= 0.6 is 0 Å². The summed E-state index contributed by atoms with van der Waals surface area (Å²) < 4.78 is 11.4. The molecule has 29 heavy (non-hydrogen) atoms. The Morgan fingerprint density at radius 1 is 1.21 bits per heavy atom. The maximum atomic E-state index is 13.3. The van der Waals surface area contributed by atoms with Crippen molar-refractivity contribution in [2.45, 2.75) is 18.2 Å². The molecule has 2 aromatic rings. The minimum atomic E-state index is -0.726. The molecule has 1 N–H and O–H groups in total. The molecular formula is C23H22N2O4. The molecule has 4 atom stereocenters. The minimum Gasteiger partial charge on any atom is -0.497 e. The number of nitrogens with one attached hydrogen (secondary N) is 1. The number of nitrogens with zero attached hydrogens (tertiary/aromatic N) is 1. The molecule has 1 spiro atoms. The van der Waals surface area contributed by atoms with Gasteiger partial charge in [0, 0.05) is 12.2 Å². The second kappa shape index (κ2) is 6.74. The van der Waals surface area contributed by atoms with Crippen molar-refractivity contribution in [2.75, 3.05) is 18.6 Å². The lowest BCUT2D eigenvalue weighted by atomic mass is 9.77. The Morgan fingerprint density at radius 3 is 2.69 bits per heavy atom. The Hall–Kier alpha value is -3.12. The Morgan fingerprint density at radius 2 is 1.97 bits per heavy atom. The monoisotopic (exact) mass is 390 g/mol. The summed E-state index contributed by atoms with van der Waals surface area (Å²) in [6.07, 6.45) is 3.54. The highest BCUT2D eigenvalue weighted by Gasteiger charge is 2.67. The van der Waals surface area contributed by atoms with E-state index in [0.717, 1.165) is 17.0 Å². The van der Waals surface area contributed by atoms with Crippen molar-refractivity contribution < 1.29 is 19.1 Å². The molecule has 2 fully saturated rings. The molecule has 3 aliphatic rings. The molecule has 6 heteroatoms. The van der Waals surface area contributed by atoms with Gasteiger partial charge < -0.3 is 19.7 Å². The van der Waals surface area contributed by atoms with Crippen molar-refractivity contribution in [1.29, 1.82) is 0 Å². The number of ether oxygens (including phenoxy) is 2. The zero-order valence-electron chi connectivity index (χ0n) is 16.1. The van der Waals surface area contributed by atoms with Crippen LogP contribution < -0.4 is 15.0 Å². The third-order valence-electron chi connectivity index (χ3n) is 6.10. The molecule has 6 nitrogen and oxygen atoms in total. The van der Waals surface area contributed by atoms with Crippen LogP contribution in [0.3, 0.4) is 0 Å². The van der Waals surface area contributed by atoms with Gasteiger partial charge >= 0.3 is 0 Å². The van der Waals surface area contributed by atoms with Gasteiger partial charge in [-0.1, -0.05) is 42.5 Å². The molecule has 2 amide bonds. The summed E-state index contributed by atoms with van der Waals surface area (Å²) in [6.45, 7) is 0.848. The molecule has 0 radical (unpaired) electrons. The molecule has 2 bridgehead atoms. The van der Waals surface area contributed by atoms with Crippen LogP contribution in [0.2, 0.25) is 0 Å². The van der Waals surface area contributed by atoms with Crippen LogP contribution in [0.15, 0.2) is 66.7 Å². The van der Waals surface area contributed by atoms with Crippen molar-refractivity contribution >= 4 is 17.5 Å². The van der Waals surface area contributed by atoms with Crippen molar-refractivity contribution in [3.05, 3.63) is 72.3 Å². The van der Waals surface area contributed by atoms with Crippen LogP contribution in [0.1, 0.15) is 5.56 Å². The lowest BCUT2D eigenvalue weighted by molar-refractivity contribution is -0.132.